The lowest BCUT2D eigenvalue weighted by atomic mass is 9.85. The van der Waals surface area contributed by atoms with Gasteiger partial charge in [0.25, 0.3) is 0 Å². The lowest BCUT2D eigenvalue weighted by Crippen LogP contribution is -2.50. The summed E-state index contributed by atoms with van der Waals surface area (Å²) in [5.74, 6) is 0. The van der Waals surface area contributed by atoms with Crippen LogP contribution in [0.5, 0.6) is 0 Å². The zero-order valence-electron chi connectivity index (χ0n) is 12.0. The van der Waals surface area contributed by atoms with E-state index in [9.17, 15) is 5.11 Å². The molecular weight excluding hydrogens is 226 g/mol. The molecule has 2 rings (SSSR count). The highest BCUT2D eigenvalue weighted by atomic mass is 16.5. The van der Waals surface area contributed by atoms with Crippen LogP contribution in [-0.4, -0.2) is 35.5 Å². The van der Waals surface area contributed by atoms with Gasteiger partial charge in [-0.2, -0.15) is 0 Å². The molecule has 1 aliphatic carbocycles. The van der Waals surface area contributed by atoms with E-state index in [1.807, 2.05) is 0 Å². The zero-order valence-corrected chi connectivity index (χ0v) is 12.0. The molecule has 1 heterocycles. The van der Waals surface area contributed by atoms with Crippen molar-refractivity contribution >= 4 is 0 Å². The summed E-state index contributed by atoms with van der Waals surface area (Å²) in [6.07, 6.45) is 8.65. The molecule has 0 radical (unpaired) electrons. The Bertz CT molecular complexity index is 257. The van der Waals surface area contributed by atoms with E-state index in [0.717, 1.165) is 51.7 Å². The molecule has 2 N–H and O–H groups in total. The third kappa shape index (κ3) is 3.25. The molecule has 106 valence electrons. The highest BCUT2D eigenvalue weighted by Gasteiger charge is 2.36. The quantitative estimate of drug-likeness (QED) is 0.793. The predicted octanol–water partition coefficient (Wildman–Crippen LogP) is 2.62. The number of hydrogen-bond acceptors (Lipinski definition) is 3. The second-order valence-electron chi connectivity index (χ2n) is 6.24. The van der Waals surface area contributed by atoms with Crippen LogP contribution in [-0.2, 0) is 4.74 Å². The summed E-state index contributed by atoms with van der Waals surface area (Å²) < 4.78 is 5.99. The van der Waals surface area contributed by atoms with Gasteiger partial charge >= 0.3 is 0 Å². The second-order valence-corrected chi connectivity index (χ2v) is 6.24. The van der Waals surface area contributed by atoms with Crippen LogP contribution in [0.25, 0.3) is 0 Å². The number of ether oxygens (including phenoxy) is 1. The largest absolute Gasteiger partial charge is 0.389 e. The van der Waals surface area contributed by atoms with E-state index in [-0.39, 0.29) is 5.60 Å². The predicted molar refractivity (Wildman–Crippen MR) is 73.7 cm³/mol. The summed E-state index contributed by atoms with van der Waals surface area (Å²) in [5.41, 5.74) is -0.354. The summed E-state index contributed by atoms with van der Waals surface area (Å²) in [6.45, 7) is 6.06. The molecule has 1 atom stereocenters. The Hall–Kier alpha value is -0.120. The average molecular weight is 255 g/mol. The van der Waals surface area contributed by atoms with Crippen LogP contribution < -0.4 is 5.32 Å². The maximum atomic E-state index is 10.4. The molecule has 1 saturated carbocycles. The smallest absolute Gasteiger partial charge is 0.0771 e. The van der Waals surface area contributed by atoms with Crippen molar-refractivity contribution < 1.29 is 9.84 Å². The van der Waals surface area contributed by atoms with Crippen molar-refractivity contribution in [3.05, 3.63) is 0 Å². The average Bonchev–Trinajstić information content (AvgIpc) is 2.84. The molecule has 3 nitrogen and oxygen atoms in total. The van der Waals surface area contributed by atoms with E-state index in [1.165, 1.54) is 12.8 Å². The SMILES string of the molecule is CCC1(CC)CC(NCC2(O)CCCC2)CCO1. The number of nitrogens with one attached hydrogen (secondary N) is 1. The van der Waals surface area contributed by atoms with E-state index in [0.29, 0.717) is 6.04 Å². The number of aliphatic hydroxyl groups is 1. The first-order valence-electron chi connectivity index (χ1n) is 7.71. The van der Waals surface area contributed by atoms with E-state index in [2.05, 4.69) is 19.2 Å². The van der Waals surface area contributed by atoms with Gasteiger partial charge in [0.05, 0.1) is 11.2 Å². The lowest BCUT2D eigenvalue weighted by molar-refractivity contribution is -0.0951. The molecule has 0 spiro atoms. The van der Waals surface area contributed by atoms with Crippen LogP contribution in [0, 0.1) is 0 Å². The Morgan fingerprint density at radius 1 is 1.22 bits per heavy atom. The molecule has 1 saturated heterocycles. The van der Waals surface area contributed by atoms with Gasteiger partial charge in [-0.1, -0.05) is 26.7 Å². The van der Waals surface area contributed by atoms with Gasteiger partial charge in [-0.15, -0.1) is 0 Å². The molecule has 3 heteroatoms. The number of rotatable bonds is 5. The van der Waals surface area contributed by atoms with Crippen LogP contribution in [0.2, 0.25) is 0 Å². The first kappa shape index (κ1) is 14.3. The van der Waals surface area contributed by atoms with Gasteiger partial charge in [0.1, 0.15) is 0 Å². The summed E-state index contributed by atoms with van der Waals surface area (Å²) in [5, 5.41) is 14.0. The Morgan fingerprint density at radius 3 is 2.50 bits per heavy atom. The van der Waals surface area contributed by atoms with Crippen LogP contribution in [0.4, 0.5) is 0 Å². The lowest BCUT2D eigenvalue weighted by Gasteiger charge is -2.41. The topological polar surface area (TPSA) is 41.5 Å². The fourth-order valence-electron chi connectivity index (χ4n) is 3.49. The molecule has 18 heavy (non-hydrogen) atoms. The fourth-order valence-corrected chi connectivity index (χ4v) is 3.49. The molecule has 0 amide bonds. The normalized spacial score (nSPS) is 30.5. The molecule has 2 aliphatic rings. The Balaban J connectivity index is 1.82. The van der Waals surface area contributed by atoms with Gasteiger partial charge in [0.2, 0.25) is 0 Å². The Kier molecular flexibility index (Phi) is 4.68. The number of hydrogen-bond donors (Lipinski definition) is 2. The molecule has 0 aromatic carbocycles. The highest BCUT2D eigenvalue weighted by Crippen LogP contribution is 2.33. The maximum Gasteiger partial charge on any atom is 0.0771 e. The molecule has 0 aromatic rings. The maximum absolute atomic E-state index is 10.4. The highest BCUT2D eigenvalue weighted by molar-refractivity contribution is 4.92. The van der Waals surface area contributed by atoms with Crippen molar-refractivity contribution in [3.63, 3.8) is 0 Å². The molecule has 1 aliphatic heterocycles. The van der Waals surface area contributed by atoms with Gasteiger partial charge in [0.15, 0.2) is 0 Å². The van der Waals surface area contributed by atoms with E-state index < -0.39 is 5.60 Å². The van der Waals surface area contributed by atoms with Crippen molar-refractivity contribution in [1.82, 2.24) is 5.32 Å². The van der Waals surface area contributed by atoms with E-state index in [1.54, 1.807) is 0 Å². The standard InChI is InChI=1S/C15H29NO2/c1-3-15(4-2)11-13(7-10-18-15)16-12-14(17)8-5-6-9-14/h13,16-17H,3-12H2,1-2H3. The molecule has 0 bridgehead atoms. The van der Waals surface area contributed by atoms with Crippen LogP contribution in [0.3, 0.4) is 0 Å². The van der Waals surface area contributed by atoms with E-state index in [4.69, 9.17) is 4.74 Å². The van der Waals surface area contributed by atoms with Gasteiger partial charge in [-0.3, -0.25) is 0 Å². The third-order valence-corrected chi connectivity index (χ3v) is 5.04. The summed E-state index contributed by atoms with van der Waals surface area (Å²) in [7, 11) is 0. The monoisotopic (exact) mass is 255 g/mol. The second kappa shape index (κ2) is 5.89. The minimum atomic E-state index is -0.431. The fraction of sp³-hybridized carbons (Fsp3) is 1.00. The summed E-state index contributed by atoms with van der Waals surface area (Å²) >= 11 is 0. The molecule has 0 aromatic heterocycles. The summed E-state index contributed by atoms with van der Waals surface area (Å²) in [6, 6.07) is 0.517. The first-order chi connectivity index (χ1) is 8.61. The minimum absolute atomic E-state index is 0.0776. The van der Waals surface area contributed by atoms with Gasteiger partial charge in [0, 0.05) is 19.2 Å². The van der Waals surface area contributed by atoms with Gasteiger partial charge in [-0.05, 0) is 38.5 Å². The Morgan fingerprint density at radius 2 is 1.89 bits per heavy atom. The van der Waals surface area contributed by atoms with Gasteiger partial charge < -0.3 is 15.2 Å². The van der Waals surface area contributed by atoms with Gasteiger partial charge in [-0.25, -0.2) is 0 Å². The van der Waals surface area contributed by atoms with Crippen LogP contribution in [0.1, 0.15) is 65.2 Å². The minimum Gasteiger partial charge on any atom is -0.389 e. The summed E-state index contributed by atoms with van der Waals surface area (Å²) in [4.78, 5) is 0. The zero-order chi connectivity index (χ0) is 13.1. The molecule has 1 unspecified atom stereocenters. The van der Waals surface area contributed by atoms with Crippen molar-refractivity contribution in [2.24, 2.45) is 0 Å². The first-order valence-corrected chi connectivity index (χ1v) is 7.71. The van der Waals surface area contributed by atoms with Crippen LogP contribution >= 0.6 is 0 Å². The molecular formula is C15H29NO2. The van der Waals surface area contributed by atoms with E-state index >= 15 is 0 Å². The third-order valence-electron chi connectivity index (χ3n) is 5.04. The van der Waals surface area contributed by atoms with Crippen molar-refractivity contribution in [2.75, 3.05) is 13.2 Å². The Labute approximate surface area is 111 Å². The van der Waals surface area contributed by atoms with Crippen LogP contribution in [0.15, 0.2) is 0 Å². The van der Waals surface area contributed by atoms with Crippen molar-refractivity contribution in [3.8, 4) is 0 Å². The van der Waals surface area contributed by atoms with Crippen molar-refractivity contribution in [1.29, 1.82) is 0 Å². The van der Waals surface area contributed by atoms with Crippen molar-refractivity contribution in [2.45, 2.75) is 82.5 Å². The molecule has 2 fully saturated rings.